The van der Waals surface area contributed by atoms with Gasteiger partial charge in [0.05, 0.1) is 6.42 Å². The minimum atomic E-state index is -0.227. The number of hydrogen-bond donors (Lipinski definition) is 1. The molecule has 0 saturated carbocycles. The second-order valence-electron chi connectivity index (χ2n) is 6.09. The summed E-state index contributed by atoms with van der Waals surface area (Å²) >= 11 is 1.63. The lowest BCUT2D eigenvalue weighted by atomic mass is 10.1. The molecule has 0 saturated heterocycles. The van der Waals surface area contributed by atoms with Gasteiger partial charge in [0.1, 0.15) is 6.61 Å². The lowest BCUT2D eigenvalue weighted by Gasteiger charge is -2.07. The van der Waals surface area contributed by atoms with Gasteiger partial charge in [-0.2, -0.15) is 0 Å². The van der Waals surface area contributed by atoms with Crippen LogP contribution in [0, 0.1) is 0 Å². The highest BCUT2D eigenvalue weighted by atomic mass is 32.2. The summed E-state index contributed by atoms with van der Waals surface area (Å²) in [7, 11) is 0. The summed E-state index contributed by atoms with van der Waals surface area (Å²) in [4.78, 5) is 25.3. The Morgan fingerprint density at radius 2 is 1.46 bits per heavy atom. The number of nitrogens with one attached hydrogen (secondary N) is 1. The molecule has 3 aromatic carbocycles. The van der Waals surface area contributed by atoms with Crippen molar-refractivity contribution < 1.29 is 14.3 Å². The molecular formula is C23H21NO3S. The minimum Gasteiger partial charge on any atom is -0.461 e. The van der Waals surface area contributed by atoms with Crippen LogP contribution in [0.1, 0.15) is 22.3 Å². The van der Waals surface area contributed by atoms with E-state index in [1.807, 2.05) is 60.7 Å². The Morgan fingerprint density at radius 1 is 0.821 bits per heavy atom. The van der Waals surface area contributed by atoms with Gasteiger partial charge in [-0.05, 0) is 42.0 Å². The molecular weight excluding hydrogens is 370 g/mol. The predicted molar refractivity (Wildman–Crippen MR) is 112 cm³/mol. The lowest BCUT2D eigenvalue weighted by molar-refractivity contribution is -0.144. The van der Waals surface area contributed by atoms with Crippen LogP contribution in [0.2, 0.25) is 0 Å². The number of esters is 1. The van der Waals surface area contributed by atoms with Gasteiger partial charge in [-0.15, -0.1) is 11.8 Å². The molecule has 4 nitrogen and oxygen atoms in total. The molecule has 0 radical (unpaired) electrons. The quantitative estimate of drug-likeness (QED) is 0.425. The molecule has 0 aromatic heterocycles. The fraction of sp³-hybridized carbons (Fsp3) is 0.130. The lowest BCUT2D eigenvalue weighted by Crippen LogP contribution is -2.12. The average Bonchev–Trinajstić information content (AvgIpc) is 2.74. The highest BCUT2D eigenvalue weighted by molar-refractivity contribution is 7.99. The van der Waals surface area contributed by atoms with Crippen molar-refractivity contribution in [2.75, 3.05) is 11.1 Å². The maximum Gasteiger partial charge on any atom is 0.306 e. The first-order valence-electron chi connectivity index (χ1n) is 8.99. The summed E-state index contributed by atoms with van der Waals surface area (Å²) in [6.07, 6.45) is 0.358. The number of carbonyl (C=O) groups excluding carboxylic acids is 2. The zero-order chi connectivity index (χ0) is 19.6. The van der Waals surface area contributed by atoms with Crippen LogP contribution in [-0.4, -0.2) is 17.6 Å². The van der Waals surface area contributed by atoms with E-state index in [2.05, 4.69) is 5.32 Å². The number of ether oxygens (including phenoxy) is 1. The van der Waals surface area contributed by atoms with E-state index >= 15 is 0 Å². The van der Waals surface area contributed by atoms with Crippen LogP contribution in [0.25, 0.3) is 0 Å². The summed E-state index contributed by atoms with van der Waals surface area (Å²) in [5.41, 5.74) is 2.15. The molecule has 0 bridgehead atoms. The molecule has 3 rings (SSSR count). The number of benzene rings is 3. The fourth-order valence-corrected chi connectivity index (χ4v) is 3.34. The first-order chi connectivity index (χ1) is 13.7. The Morgan fingerprint density at radius 3 is 2.14 bits per heavy atom. The summed E-state index contributed by atoms with van der Waals surface area (Å²) in [5, 5.41) is 2.84. The zero-order valence-electron chi connectivity index (χ0n) is 15.3. The first-order valence-corrected chi connectivity index (χ1v) is 9.98. The van der Waals surface area contributed by atoms with Gasteiger partial charge in [0, 0.05) is 21.9 Å². The third kappa shape index (κ3) is 6.28. The van der Waals surface area contributed by atoms with Crippen molar-refractivity contribution in [3.05, 3.63) is 96.1 Å². The average molecular weight is 391 g/mol. The second kappa shape index (κ2) is 10.3. The van der Waals surface area contributed by atoms with E-state index in [-0.39, 0.29) is 18.5 Å². The number of para-hydroxylation sites is 1. The standard InChI is InChI=1S/C23H21NO3S/c25-22(15-16-28-21-9-5-2-6-10-21)27-17-18-11-13-19(14-12-18)23(26)24-20-7-3-1-4-8-20/h1-14H,15-17H2,(H,24,26). The van der Waals surface area contributed by atoms with Crippen LogP contribution < -0.4 is 5.32 Å². The van der Waals surface area contributed by atoms with E-state index in [4.69, 9.17) is 4.74 Å². The van der Waals surface area contributed by atoms with Gasteiger partial charge in [0.15, 0.2) is 0 Å². The maximum atomic E-state index is 12.2. The van der Waals surface area contributed by atoms with Crippen molar-refractivity contribution >= 4 is 29.3 Å². The molecule has 142 valence electrons. The van der Waals surface area contributed by atoms with Crippen molar-refractivity contribution in [2.24, 2.45) is 0 Å². The van der Waals surface area contributed by atoms with Crippen molar-refractivity contribution in [1.29, 1.82) is 0 Å². The molecule has 3 aromatic rings. The molecule has 0 aliphatic heterocycles. The number of thioether (sulfide) groups is 1. The third-order valence-corrected chi connectivity index (χ3v) is 4.98. The predicted octanol–water partition coefficient (Wildman–Crippen LogP) is 5.16. The van der Waals surface area contributed by atoms with E-state index in [1.165, 1.54) is 0 Å². The first kappa shape index (κ1) is 19.7. The van der Waals surface area contributed by atoms with Crippen molar-refractivity contribution in [3.8, 4) is 0 Å². The smallest absolute Gasteiger partial charge is 0.306 e. The van der Waals surface area contributed by atoms with E-state index in [1.54, 1.807) is 36.0 Å². The Hall–Kier alpha value is -3.05. The molecule has 28 heavy (non-hydrogen) atoms. The molecule has 0 aliphatic carbocycles. The highest BCUT2D eigenvalue weighted by Gasteiger charge is 2.07. The number of hydrogen-bond acceptors (Lipinski definition) is 4. The maximum absolute atomic E-state index is 12.2. The third-order valence-electron chi connectivity index (χ3n) is 3.97. The van der Waals surface area contributed by atoms with Crippen LogP contribution in [0.4, 0.5) is 5.69 Å². The number of anilines is 1. The monoisotopic (exact) mass is 391 g/mol. The molecule has 0 heterocycles. The summed E-state index contributed by atoms with van der Waals surface area (Å²) in [6, 6.07) is 26.3. The van der Waals surface area contributed by atoms with Crippen molar-refractivity contribution in [3.63, 3.8) is 0 Å². The van der Waals surface area contributed by atoms with Crippen molar-refractivity contribution in [2.45, 2.75) is 17.9 Å². The van der Waals surface area contributed by atoms with Gasteiger partial charge in [0.25, 0.3) is 5.91 Å². The van der Waals surface area contributed by atoms with Crippen LogP contribution in [0.15, 0.2) is 89.8 Å². The number of amides is 1. The van der Waals surface area contributed by atoms with Crippen LogP contribution >= 0.6 is 11.8 Å². The van der Waals surface area contributed by atoms with Crippen LogP contribution in [-0.2, 0) is 16.1 Å². The highest BCUT2D eigenvalue weighted by Crippen LogP contribution is 2.18. The van der Waals surface area contributed by atoms with E-state index in [0.717, 1.165) is 16.1 Å². The molecule has 0 atom stereocenters. The normalized spacial score (nSPS) is 10.3. The van der Waals surface area contributed by atoms with Gasteiger partial charge in [-0.1, -0.05) is 48.5 Å². The number of carbonyl (C=O) groups is 2. The van der Waals surface area contributed by atoms with Gasteiger partial charge in [0.2, 0.25) is 0 Å². The van der Waals surface area contributed by atoms with Crippen LogP contribution in [0.3, 0.4) is 0 Å². The summed E-state index contributed by atoms with van der Waals surface area (Å²) < 4.78 is 5.31. The molecule has 1 N–H and O–H groups in total. The molecule has 0 fully saturated rings. The Balaban J connectivity index is 1.41. The van der Waals surface area contributed by atoms with Gasteiger partial charge < -0.3 is 10.1 Å². The molecule has 0 aliphatic rings. The largest absolute Gasteiger partial charge is 0.461 e. The second-order valence-corrected chi connectivity index (χ2v) is 7.26. The Bertz CT molecular complexity index is 896. The molecule has 0 unspecified atom stereocenters. The molecule has 5 heteroatoms. The van der Waals surface area contributed by atoms with E-state index in [0.29, 0.717) is 17.7 Å². The van der Waals surface area contributed by atoms with E-state index < -0.39 is 0 Å². The summed E-state index contributed by atoms with van der Waals surface area (Å²) in [5.74, 6) is 0.281. The van der Waals surface area contributed by atoms with E-state index in [9.17, 15) is 9.59 Å². The van der Waals surface area contributed by atoms with Crippen molar-refractivity contribution in [1.82, 2.24) is 0 Å². The van der Waals surface area contributed by atoms with Gasteiger partial charge in [-0.25, -0.2) is 0 Å². The fourth-order valence-electron chi connectivity index (χ4n) is 2.48. The minimum absolute atomic E-state index is 0.173. The Kier molecular flexibility index (Phi) is 7.27. The number of rotatable bonds is 8. The van der Waals surface area contributed by atoms with Gasteiger partial charge in [-0.3, -0.25) is 9.59 Å². The molecule has 0 spiro atoms. The molecule has 1 amide bonds. The SMILES string of the molecule is O=C(CCSc1ccccc1)OCc1ccc(C(=O)Nc2ccccc2)cc1. The van der Waals surface area contributed by atoms with Crippen LogP contribution in [0.5, 0.6) is 0 Å². The van der Waals surface area contributed by atoms with Gasteiger partial charge >= 0.3 is 5.97 Å². The summed E-state index contributed by atoms with van der Waals surface area (Å²) in [6.45, 7) is 0.204. The topological polar surface area (TPSA) is 55.4 Å². The zero-order valence-corrected chi connectivity index (χ0v) is 16.2. The Labute approximate surface area is 168 Å².